The number of carbonyl (C=O) groups is 2. The second kappa shape index (κ2) is 8.35. The third kappa shape index (κ3) is 4.47. The number of carbonyl (C=O) groups excluding carboxylic acids is 2. The molecule has 0 saturated carbocycles. The van der Waals surface area contributed by atoms with E-state index in [9.17, 15) is 19.1 Å². The van der Waals surface area contributed by atoms with Crippen LogP contribution < -0.4 is 0 Å². The number of likely N-dealkylation sites (tertiary alicyclic amines) is 2. The zero-order valence-corrected chi connectivity index (χ0v) is 15.7. The third-order valence-corrected chi connectivity index (χ3v) is 5.63. The SMILES string of the molecule is COC(=O)C1CCN(C[C@@]2(O)CCCN(Cc3ccccc3F)C2=O)CC1. The second-order valence-electron chi connectivity index (χ2n) is 7.53. The van der Waals surface area contributed by atoms with Crippen LogP contribution >= 0.6 is 0 Å². The van der Waals surface area contributed by atoms with Gasteiger partial charge in [-0.25, -0.2) is 4.39 Å². The van der Waals surface area contributed by atoms with Gasteiger partial charge in [-0.2, -0.15) is 0 Å². The van der Waals surface area contributed by atoms with Gasteiger partial charge in [0.15, 0.2) is 5.60 Å². The first-order valence-electron chi connectivity index (χ1n) is 9.48. The van der Waals surface area contributed by atoms with Crippen molar-refractivity contribution >= 4 is 11.9 Å². The Morgan fingerprint density at radius 1 is 1.30 bits per heavy atom. The van der Waals surface area contributed by atoms with Crippen molar-refractivity contribution in [2.75, 3.05) is 33.3 Å². The van der Waals surface area contributed by atoms with Crippen molar-refractivity contribution in [1.82, 2.24) is 9.80 Å². The summed E-state index contributed by atoms with van der Waals surface area (Å²) in [5.41, 5.74) is -1.00. The van der Waals surface area contributed by atoms with Gasteiger partial charge < -0.3 is 14.7 Å². The van der Waals surface area contributed by atoms with Gasteiger partial charge in [0.1, 0.15) is 5.82 Å². The van der Waals surface area contributed by atoms with Gasteiger partial charge in [0.2, 0.25) is 0 Å². The lowest BCUT2D eigenvalue weighted by atomic mass is 9.89. The number of esters is 1. The molecule has 1 N–H and O–H groups in total. The van der Waals surface area contributed by atoms with Gasteiger partial charge in [0, 0.05) is 25.2 Å². The van der Waals surface area contributed by atoms with E-state index >= 15 is 0 Å². The number of halogens is 1. The average molecular weight is 378 g/mol. The van der Waals surface area contributed by atoms with Gasteiger partial charge in [0.05, 0.1) is 13.0 Å². The number of aliphatic hydroxyl groups is 1. The van der Waals surface area contributed by atoms with E-state index in [1.165, 1.54) is 13.2 Å². The van der Waals surface area contributed by atoms with Gasteiger partial charge in [0.25, 0.3) is 5.91 Å². The van der Waals surface area contributed by atoms with E-state index in [1.54, 1.807) is 23.1 Å². The maximum absolute atomic E-state index is 13.9. The molecule has 2 saturated heterocycles. The minimum absolute atomic E-state index is 0.111. The number of piperidine rings is 2. The van der Waals surface area contributed by atoms with Crippen LogP contribution in [-0.4, -0.2) is 65.7 Å². The lowest BCUT2D eigenvalue weighted by Gasteiger charge is -2.42. The van der Waals surface area contributed by atoms with Crippen molar-refractivity contribution < 1.29 is 23.8 Å². The normalized spacial score (nSPS) is 24.9. The summed E-state index contributed by atoms with van der Waals surface area (Å²) in [6.07, 6.45) is 2.40. The largest absolute Gasteiger partial charge is 0.469 e. The van der Waals surface area contributed by atoms with Crippen LogP contribution in [0.1, 0.15) is 31.2 Å². The monoisotopic (exact) mass is 378 g/mol. The number of methoxy groups -OCH3 is 1. The molecule has 2 fully saturated rings. The number of ether oxygens (including phenoxy) is 1. The van der Waals surface area contributed by atoms with Gasteiger partial charge in [-0.15, -0.1) is 0 Å². The summed E-state index contributed by atoms with van der Waals surface area (Å²) in [6.45, 7) is 2.21. The Hall–Kier alpha value is -1.99. The maximum Gasteiger partial charge on any atom is 0.308 e. The first kappa shape index (κ1) is 19.8. The molecule has 2 aliphatic rings. The summed E-state index contributed by atoms with van der Waals surface area (Å²) < 4.78 is 18.7. The Bertz CT molecular complexity index is 690. The van der Waals surface area contributed by atoms with E-state index in [-0.39, 0.29) is 36.7 Å². The van der Waals surface area contributed by atoms with Crippen molar-refractivity contribution in [2.45, 2.75) is 37.8 Å². The number of nitrogens with zero attached hydrogens (tertiary/aromatic N) is 2. The first-order valence-corrected chi connectivity index (χ1v) is 9.48. The van der Waals surface area contributed by atoms with Crippen molar-refractivity contribution in [1.29, 1.82) is 0 Å². The summed E-state index contributed by atoms with van der Waals surface area (Å²) in [5, 5.41) is 11.0. The van der Waals surface area contributed by atoms with Crippen molar-refractivity contribution in [3.05, 3.63) is 35.6 Å². The summed E-state index contributed by atoms with van der Waals surface area (Å²) in [7, 11) is 1.39. The number of hydrogen-bond donors (Lipinski definition) is 1. The molecule has 148 valence electrons. The van der Waals surface area contributed by atoms with E-state index in [0.717, 1.165) is 0 Å². The number of β-amino-alcohol motifs (C(OH)–C–C–N with tert-alkyl or cyclic N) is 1. The number of amides is 1. The van der Waals surface area contributed by atoms with Crippen LogP contribution in [0.15, 0.2) is 24.3 Å². The molecule has 2 aliphatic heterocycles. The van der Waals surface area contributed by atoms with Crippen LogP contribution in [0.5, 0.6) is 0 Å². The standard InChI is InChI=1S/C20H27FN2O4/c1-27-18(24)15-7-11-22(12-8-15)14-20(26)9-4-10-23(19(20)25)13-16-5-2-3-6-17(16)21/h2-3,5-6,15,26H,4,7-14H2,1H3/t20-/m0/s1. The zero-order chi connectivity index (χ0) is 19.4. The lowest BCUT2D eigenvalue weighted by molar-refractivity contribution is -0.161. The highest BCUT2D eigenvalue weighted by atomic mass is 19.1. The molecule has 0 unspecified atom stereocenters. The quantitative estimate of drug-likeness (QED) is 0.788. The summed E-state index contributed by atoms with van der Waals surface area (Å²) >= 11 is 0. The predicted octanol–water partition coefficient (Wildman–Crippen LogP) is 1.56. The van der Waals surface area contributed by atoms with Crippen molar-refractivity contribution in [3.63, 3.8) is 0 Å². The molecule has 1 aromatic rings. The van der Waals surface area contributed by atoms with E-state index in [1.807, 2.05) is 4.90 Å². The van der Waals surface area contributed by atoms with E-state index in [4.69, 9.17) is 4.74 Å². The van der Waals surface area contributed by atoms with Gasteiger partial charge in [-0.05, 0) is 44.8 Å². The molecule has 7 heteroatoms. The Morgan fingerprint density at radius 3 is 2.67 bits per heavy atom. The minimum atomic E-state index is -1.46. The fourth-order valence-electron chi connectivity index (χ4n) is 4.06. The Labute approximate surface area is 158 Å². The molecule has 3 rings (SSSR count). The van der Waals surface area contributed by atoms with Crippen LogP contribution in [0.4, 0.5) is 4.39 Å². The fourth-order valence-corrected chi connectivity index (χ4v) is 4.06. The summed E-state index contributed by atoms with van der Waals surface area (Å²) in [6, 6.07) is 6.39. The molecule has 1 amide bonds. The van der Waals surface area contributed by atoms with E-state index in [0.29, 0.717) is 50.9 Å². The number of hydrogen-bond acceptors (Lipinski definition) is 5. The highest BCUT2D eigenvalue weighted by Crippen LogP contribution is 2.28. The molecule has 27 heavy (non-hydrogen) atoms. The van der Waals surface area contributed by atoms with Crippen LogP contribution in [0.3, 0.4) is 0 Å². The molecule has 1 atom stereocenters. The Kier molecular flexibility index (Phi) is 6.11. The molecule has 0 spiro atoms. The van der Waals surface area contributed by atoms with E-state index in [2.05, 4.69) is 0 Å². The Balaban J connectivity index is 1.61. The maximum atomic E-state index is 13.9. The van der Waals surface area contributed by atoms with E-state index < -0.39 is 5.60 Å². The number of rotatable bonds is 5. The van der Waals surface area contributed by atoms with Crippen molar-refractivity contribution in [2.24, 2.45) is 5.92 Å². The lowest BCUT2D eigenvalue weighted by Crippen LogP contribution is -2.59. The van der Waals surface area contributed by atoms with Crippen LogP contribution in [0.2, 0.25) is 0 Å². The smallest absolute Gasteiger partial charge is 0.308 e. The molecule has 1 aromatic carbocycles. The fraction of sp³-hybridized carbons (Fsp3) is 0.600. The van der Waals surface area contributed by atoms with Crippen LogP contribution in [0, 0.1) is 11.7 Å². The average Bonchev–Trinajstić information content (AvgIpc) is 2.67. The molecule has 0 aromatic heterocycles. The van der Waals surface area contributed by atoms with Crippen molar-refractivity contribution in [3.8, 4) is 0 Å². The minimum Gasteiger partial charge on any atom is -0.469 e. The van der Waals surface area contributed by atoms with Gasteiger partial charge >= 0.3 is 5.97 Å². The summed E-state index contributed by atoms with van der Waals surface area (Å²) in [4.78, 5) is 28.1. The highest BCUT2D eigenvalue weighted by Gasteiger charge is 2.44. The van der Waals surface area contributed by atoms with Gasteiger partial charge in [-0.3, -0.25) is 14.5 Å². The third-order valence-electron chi connectivity index (χ3n) is 5.63. The molecular weight excluding hydrogens is 351 g/mol. The predicted molar refractivity (Wildman–Crippen MR) is 97.2 cm³/mol. The summed E-state index contributed by atoms with van der Waals surface area (Å²) in [5.74, 6) is -0.991. The molecule has 0 bridgehead atoms. The zero-order valence-electron chi connectivity index (χ0n) is 15.7. The molecule has 0 radical (unpaired) electrons. The first-order chi connectivity index (χ1) is 12.9. The van der Waals surface area contributed by atoms with Crippen LogP contribution in [0.25, 0.3) is 0 Å². The molecule has 0 aliphatic carbocycles. The highest BCUT2D eigenvalue weighted by molar-refractivity contribution is 5.86. The molecule has 2 heterocycles. The topological polar surface area (TPSA) is 70.1 Å². The Morgan fingerprint density at radius 2 is 2.00 bits per heavy atom. The molecular formula is C20H27FN2O4. The second-order valence-corrected chi connectivity index (χ2v) is 7.53. The van der Waals surface area contributed by atoms with Gasteiger partial charge in [-0.1, -0.05) is 18.2 Å². The number of benzene rings is 1. The molecule has 6 nitrogen and oxygen atoms in total. The van der Waals surface area contributed by atoms with Crippen LogP contribution in [-0.2, 0) is 20.9 Å².